The number of fused-ring (bicyclic) bond motifs is 1. The summed E-state index contributed by atoms with van der Waals surface area (Å²) < 4.78 is 4.31. The van der Waals surface area contributed by atoms with Crippen LogP contribution < -0.4 is 10.7 Å². The lowest BCUT2D eigenvalue weighted by atomic mass is 10.2. The highest BCUT2D eigenvalue weighted by molar-refractivity contribution is 5.95. The molecule has 2 rings (SSSR count). The monoisotopic (exact) mass is 262 g/mol. The molecule has 0 saturated heterocycles. The number of amides is 1. The summed E-state index contributed by atoms with van der Waals surface area (Å²) in [6.07, 6.45) is 0. The molecule has 1 aromatic carbocycles. The summed E-state index contributed by atoms with van der Waals surface area (Å²) >= 11 is 0. The van der Waals surface area contributed by atoms with Crippen LogP contribution in [0, 0.1) is 0 Å². The van der Waals surface area contributed by atoms with Crippen molar-refractivity contribution in [2.75, 3.05) is 6.73 Å². The minimum absolute atomic E-state index is 0.0338. The van der Waals surface area contributed by atoms with Crippen molar-refractivity contribution in [3.8, 4) is 5.75 Å². The molecule has 0 fully saturated rings. The number of carbonyl (C=O) groups is 2. The largest absolute Gasteiger partial charge is 0.506 e. The number of para-hydroxylation sites is 1. The van der Waals surface area contributed by atoms with Gasteiger partial charge in [0, 0.05) is 11.5 Å². The Morgan fingerprint density at radius 3 is 3.00 bits per heavy atom. The molecule has 0 unspecified atom stereocenters. The molecule has 0 atom stereocenters. The van der Waals surface area contributed by atoms with Crippen LogP contribution in [0.3, 0.4) is 0 Å². The van der Waals surface area contributed by atoms with Gasteiger partial charge in [-0.25, -0.2) is 0 Å². The summed E-state index contributed by atoms with van der Waals surface area (Å²) in [5.74, 6) is -0.752. The third-order valence-electron chi connectivity index (χ3n) is 2.47. The molecule has 0 aliphatic carbocycles. The predicted octanol–water partition coefficient (Wildman–Crippen LogP) is 0.0940. The van der Waals surface area contributed by atoms with Gasteiger partial charge in [-0.15, -0.1) is 0 Å². The molecule has 2 aromatic rings. The Balaban J connectivity index is 2.40. The van der Waals surface area contributed by atoms with Crippen LogP contribution >= 0.6 is 0 Å². The van der Waals surface area contributed by atoms with Gasteiger partial charge in [0.1, 0.15) is 11.4 Å². The number of ether oxygens (including phenoxy) is 1. The molecule has 0 bridgehead atoms. The number of nitrogens with one attached hydrogen (secondary N) is 2. The molecule has 0 aliphatic heterocycles. The highest BCUT2D eigenvalue weighted by atomic mass is 16.5. The summed E-state index contributed by atoms with van der Waals surface area (Å²) in [6, 6.07) is 5.57. The summed E-state index contributed by atoms with van der Waals surface area (Å²) in [5.41, 5.74) is -0.254. The first kappa shape index (κ1) is 12.6. The van der Waals surface area contributed by atoms with E-state index < -0.39 is 11.3 Å². The van der Waals surface area contributed by atoms with Gasteiger partial charge in [-0.1, -0.05) is 6.07 Å². The molecule has 98 valence electrons. The number of carbonyl (C=O) groups excluding carboxylic acids is 2. The Morgan fingerprint density at radius 2 is 2.26 bits per heavy atom. The predicted molar refractivity (Wildman–Crippen MR) is 65.7 cm³/mol. The van der Waals surface area contributed by atoms with Gasteiger partial charge < -0.3 is 20.1 Å². The van der Waals surface area contributed by atoms with Crippen LogP contribution in [0.15, 0.2) is 29.1 Å². The normalized spacial score (nSPS) is 10.1. The number of hydrogen-bond donors (Lipinski definition) is 3. The standard InChI is InChI=1S/C12H10N2O5/c15-6-19-5-13-12(18)8-4-10(17)7-2-1-3-9(16)11(7)14-8/h1-4,6,16H,5H2,(H,13,18)(H,14,17). The van der Waals surface area contributed by atoms with Crippen LogP contribution in [0.4, 0.5) is 0 Å². The number of aromatic amines is 1. The van der Waals surface area contributed by atoms with Gasteiger partial charge in [0.25, 0.3) is 12.4 Å². The van der Waals surface area contributed by atoms with Gasteiger partial charge in [0.05, 0.1) is 5.52 Å². The van der Waals surface area contributed by atoms with Gasteiger partial charge in [-0.3, -0.25) is 14.4 Å². The van der Waals surface area contributed by atoms with E-state index in [4.69, 9.17) is 0 Å². The molecule has 0 aliphatic rings. The second-order valence-electron chi connectivity index (χ2n) is 3.66. The molecular formula is C12H10N2O5. The van der Waals surface area contributed by atoms with E-state index in [-0.39, 0.29) is 35.5 Å². The fourth-order valence-corrected chi connectivity index (χ4v) is 1.62. The van der Waals surface area contributed by atoms with Crippen molar-refractivity contribution in [3.63, 3.8) is 0 Å². The van der Waals surface area contributed by atoms with Crippen molar-refractivity contribution in [2.45, 2.75) is 0 Å². The van der Waals surface area contributed by atoms with Crippen LogP contribution in [-0.4, -0.2) is 29.2 Å². The molecule has 7 nitrogen and oxygen atoms in total. The zero-order valence-electron chi connectivity index (χ0n) is 9.67. The van der Waals surface area contributed by atoms with Crippen molar-refractivity contribution >= 4 is 23.3 Å². The first-order chi connectivity index (χ1) is 9.13. The Bertz CT molecular complexity index is 692. The quantitative estimate of drug-likeness (QED) is 0.411. The molecular weight excluding hydrogens is 252 g/mol. The number of phenolic OH excluding ortho intramolecular Hbond substituents is 1. The average molecular weight is 262 g/mol. The molecule has 1 aromatic heterocycles. The van der Waals surface area contributed by atoms with E-state index in [0.29, 0.717) is 0 Å². The van der Waals surface area contributed by atoms with Crippen molar-refractivity contribution < 1.29 is 19.4 Å². The Morgan fingerprint density at radius 1 is 1.47 bits per heavy atom. The molecule has 0 saturated carbocycles. The van der Waals surface area contributed by atoms with E-state index in [2.05, 4.69) is 15.0 Å². The Hall–Kier alpha value is -2.83. The average Bonchev–Trinajstić information content (AvgIpc) is 2.40. The highest BCUT2D eigenvalue weighted by Gasteiger charge is 2.11. The maximum absolute atomic E-state index is 11.8. The molecule has 7 heteroatoms. The van der Waals surface area contributed by atoms with Crippen molar-refractivity contribution in [3.05, 3.63) is 40.2 Å². The lowest BCUT2D eigenvalue weighted by molar-refractivity contribution is -0.129. The Kier molecular flexibility index (Phi) is 3.46. The second kappa shape index (κ2) is 5.21. The van der Waals surface area contributed by atoms with Crippen LogP contribution in [0.2, 0.25) is 0 Å². The number of pyridine rings is 1. The number of H-pyrrole nitrogens is 1. The molecule has 3 N–H and O–H groups in total. The minimum atomic E-state index is -0.621. The first-order valence-corrected chi connectivity index (χ1v) is 5.32. The van der Waals surface area contributed by atoms with Crippen LogP contribution in [-0.2, 0) is 9.53 Å². The van der Waals surface area contributed by atoms with Crippen molar-refractivity contribution in [2.24, 2.45) is 0 Å². The molecule has 0 spiro atoms. The third-order valence-corrected chi connectivity index (χ3v) is 2.47. The van der Waals surface area contributed by atoms with Gasteiger partial charge in [0.15, 0.2) is 12.2 Å². The molecule has 1 amide bonds. The molecule has 19 heavy (non-hydrogen) atoms. The Labute approximate surface area is 106 Å². The SMILES string of the molecule is O=COCNC(=O)c1cc(=O)c2cccc(O)c2[nH]1. The van der Waals surface area contributed by atoms with E-state index in [9.17, 15) is 19.5 Å². The maximum atomic E-state index is 11.8. The van der Waals surface area contributed by atoms with Crippen LogP contribution in [0.5, 0.6) is 5.75 Å². The molecule has 0 radical (unpaired) electrons. The summed E-state index contributed by atoms with van der Waals surface area (Å²) in [5, 5.41) is 12.2. The van der Waals surface area contributed by atoms with Gasteiger partial charge in [-0.05, 0) is 12.1 Å². The fraction of sp³-hybridized carbons (Fsp3) is 0.0833. The van der Waals surface area contributed by atoms with Gasteiger partial charge >= 0.3 is 0 Å². The maximum Gasteiger partial charge on any atom is 0.294 e. The smallest absolute Gasteiger partial charge is 0.294 e. The number of hydrogen-bond acceptors (Lipinski definition) is 5. The van der Waals surface area contributed by atoms with E-state index in [0.717, 1.165) is 6.07 Å². The van der Waals surface area contributed by atoms with Gasteiger partial charge in [-0.2, -0.15) is 0 Å². The van der Waals surface area contributed by atoms with E-state index >= 15 is 0 Å². The second-order valence-corrected chi connectivity index (χ2v) is 3.66. The minimum Gasteiger partial charge on any atom is -0.506 e. The fourth-order valence-electron chi connectivity index (χ4n) is 1.62. The zero-order chi connectivity index (χ0) is 13.8. The van der Waals surface area contributed by atoms with E-state index in [1.807, 2.05) is 0 Å². The number of phenols is 1. The molecule has 1 heterocycles. The van der Waals surface area contributed by atoms with E-state index in [1.54, 1.807) is 0 Å². The number of aromatic hydroxyl groups is 1. The van der Waals surface area contributed by atoms with Crippen molar-refractivity contribution in [1.29, 1.82) is 0 Å². The third kappa shape index (κ3) is 2.54. The lowest BCUT2D eigenvalue weighted by Gasteiger charge is -2.06. The topological polar surface area (TPSA) is 108 Å². The zero-order valence-corrected chi connectivity index (χ0v) is 9.67. The number of benzene rings is 1. The highest BCUT2D eigenvalue weighted by Crippen LogP contribution is 2.19. The summed E-state index contributed by atoms with van der Waals surface area (Å²) in [6.45, 7) is -0.113. The number of rotatable bonds is 4. The summed E-state index contributed by atoms with van der Waals surface area (Å²) in [4.78, 5) is 36.0. The van der Waals surface area contributed by atoms with Crippen LogP contribution in [0.25, 0.3) is 10.9 Å². The first-order valence-electron chi connectivity index (χ1n) is 5.32. The lowest BCUT2D eigenvalue weighted by Crippen LogP contribution is -2.27. The number of aromatic nitrogens is 1. The van der Waals surface area contributed by atoms with Gasteiger partial charge in [0.2, 0.25) is 0 Å². The van der Waals surface area contributed by atoms with Crippen molar-refractivity contribution in [1.82, 2.24) is 10.3 Å². The van der Waals surface area contributed by atoms with E-state index in [1.165, 1.54) is 18.2 Å². The van der Waals surface area contributed by atoms with Crippen LogP contribution in [0.1, 0.15) is 10.5 Å². The summed E-state index contributed by atoms with van der Waals surface area (Å²) in [7, 11) is 0.